The largest absolute Gasteiger partial charge is 0.450 e. The molecule has 2 aliphatic heterocycles. The molecule has 0 aliphatic carbocycles. The SMILES string of the molecule is CCOC(=O)N1CCC(N2CC(C(=O)Nc3ccc(Cl)cc3)CC2=O)CC1. The molecule has 2 heterocycles. The molecule has 3 rings (SSSR count). The molecule has 8 heteroatoms. The third-order valence-electron chi connectivity index (χ3n) is 5.07. The fourth-order valence-electron chi connectivity index (χ4n) is 3.61. The van der Waals surface area contributed by atoms with Crippen LogP contribution >= 0.6 is 11.6 Å². The number of nitrogens with one attached hydrogen (secondary N) is 1. The lowest BCUT2D eigenvalue weighted by Gasteiger charge is -2.36. The third kappa shape index (κ3) is 4.71. The molecule has 0 spiro atoms. The van der Waals surface area contributed by atoms with Gasteiger partial charge < -0.3 is 19.9 Å². The quantitative estimate of drug-likeness (QED) is 0.853. The number of piperidine rings is 1. The number of carbonyl (C=O) groups is 3. The number of nitrogens with zero attached hydrogens (tertiary/aromatic N) is 2. The van der Waals surface area contributed by atoms with E-state index in [2.05, 4.69) is 5.32 Å². The van der Waals surface area contributed by atoms with Gasteiger partial charge in [0, 0.05) is 42.8 Å². The smallest absolute Gasteiger partial charge is 0.409 e. The van der Waals surface area contributed by atoms with Gasteiger partial charge in [0.15, 0.2) is 0 Å². The molecule has 0 bridgehead atoms. The maximum atomic E-state index is 12.5. The van der Waals surface area contributed by atoms with Gasteiger partial charge in [-0.1, -0.05) is 11.6 Å². The minimum absolute atomic E-state index is 0.000779. The molecule has 27 heavy (non-hydrogen) atoms. The van der Waals surface area contributed by atoms with Crippen LogP contribution < -0.4 is 5.32 Å². The summed E-state index contributed by atoms with van der Waals surface area (Å²) in [6.45, 7) is 3.68. The van der Waals surface area contributed by atoms with Crippen molar-refractivity contribution in [1.29, 1.82) is 0 Å². The summed E-state index contributed by atoms with van der Waals surface area (Å²) < 4.78 is 5.02. The van der Waals surface area contributed by atoms with Crippen LogP contribution in [0.3, 0.4) is 0 Å². The summed E-state index contributed by atoms with van der Waals surface area (Å²) in [5, 5.41) is 3.45. The van der Waals surface area contributed by atoms with E-state index < -0.39 is 0 Å². The Hall–Kier alpha value is -2.28. The first-order valence-electron chi connectivity index (χ1n) is 9.25. The van der Waals surface area contributed by atoms with Crippen LogP contribution in [0, 0.1) is 5.92 Å². The lowest BCUT2D eigenvalue weighted by Crippen LogP contribution is -2.47. The van der Waals surface area contributed by atoms with E-state index in [-0.39, 0.29) is 36.3 Å². The molecule has 2 aliphatic rings. The van der Waals surface area contributed by atoms with Gasteiger partial charge in [0.1, 0.15) is 0 Å². The minimum Gasteiger partial charge on any atom is -0.450 e. The Morgan fingerprint density at radius 3 is 2.52 bits per heavy atom. The van der Waals surface area contributed by atoms with Crippen LogP contribution in [0.15, 0.2) is 24.3 Å². The highest BCUT2D eigenvalue weighted by molar-refractivity contribution is 6.30. The molecule has 1 atom stereocenters. The number of ether oxygens (including phenoxy) is 1. The first-order chi connectivity index (χ1) is 13.0. The van der Waals surface area contributed by atoms with Gasteiger partial charge in [0.25, 0.3) is 0 Å². The van der Waals surface area contributed by atoms with E-state index in [0.717, 1.165) is 0 Å². The van der Waals surface area contributed by atoms with Crippen LogP contribution in [0.5, 0.6) is 0 Å². The van der Waals surface area contributed by atoms with Gasteiger partial charge in [-0.05, 0) is 44.0 Å². The summed E-state index contributed by atoms with van der Waals surface area (Å²) in [6, 6.07) is 6.96. The highest BCUT2D eigenvalue weighted by Crippen LogP contribution is 2.27. The zero-order valence-electron chi connectivity index (χ0n) is 15.3. The summed E-state index contributed by atoms with van der Waals surface area (Å²) in [6.07, 6.45) is 1.33. The predicted molar refractivity (Wildman–Crippen MR) is 102 cm³/mol. The monoisotopic (exact) mass is 393 g/mol. The molecule has 1 aromatic rings. The Labute approximate surface area is 163 Å². The Balaban J connectivity index is 1.52. The van der Waals surface area contributed by atoms with E-state index in [1.807, 2.05) is 0 Å². The van der Waals surface area contributed by atoms with Crippen molar-refractivity contribution in [3.05, 3.63) is 29.3 Å². The van der Waals surface area contributed by atoms with E-state index in [0.29, 0.717) is 49.8 Å². The molecule has 3 amide bonds. The van der Waals surface area contributed by atoms with Crippen LogP contribution in [0.25, 0.3) is 0 Å². The maximum absolute atomic E-state index is 12.5. The molecule has 146 valence electrons. The van der Waals surface area contributed by atoms with E-state index in [4.69, 9.17) is 16.3 Å². The molecule has 0 saturated carbocycles. The first-order valence-corrected chi connectivity index (χ1v) is 9.63. The molecule has 1 unspecified atom stereocenters. The van der Waals surface area contributed by atoms with E-state index >= 15 is 0 Å². The first kappa shape index (κ1) is 19.5. The molecule has 0 aromatic heterocycles. The highest BCUT2D eigenvalue weighted by Gasteiger charge is 2.39. The Morgan fingerprint density at radius 2 is 1.89 bits per heavy atom. The molecular weight excluding hydrogens is 370 g/mol. The Bertz CT molecular complexity index is 701. The normalized spacial score (nSPS) is 20.7. The lowest BCUT2D eigenvalue weighted by molar-refractivity contribution is -0.130. The van der Waals surface area contributed by atoms with Crippen LogP contribution in [-0.2, 0) is 14.3 Å². The number of amides is 3. The number of benzene rings is 1. The fraction of sp³-hybridized carbons (Fsp3) is 0.526. The summed E-state index contributed by atoms with van der Waals surface area (Å²) in [5.41, 5.74) is 0.665. The van der Waals surface area contributed by atoms with Gasteiger partial charge >= 0.3 is 6.09 Å². The molecule has 1 N–H and O–H groups in total. The van der Waals surface area contributed by atoms with Crippen molar-refractivity contribution in [2.75, 3.05) is 31.6 Å². The number of carbonyl (C=O) groups excluding carboxylic acids is 3. The van der Waals surface area contributed by atoms with Crippen molar-refractivity contribution in [3.8, 4) is 0 Å². The van der Waals surface area contributed by atoms with Crippen molar-refractivity contribution in [2.24, 2.45) is 5.92 Å². The number of halogens is 1. The predicted octanol–water partition coefficient (Wildman–Crippen LogP) is 2.75. The van der Waals surface area contributed by atoms with Crippen molar-refractivity contribution in [3.63, 3.8) is 0 Å². The topological polar surface area (TPSA) is 79.0 Å². The summed E-state index contributed by atoms with van der Waals surface area (Å²) >= 11 is 5.85. The number of likely N-dealkylation sites (tertiary alicyclic amines) is 2. The standard InChI is InChI=1S/C19H24ClN3O4/c1-2-27-19(26)22-9-7-16(8-10-22)23-12-13(11-17(23)24)18(25)21-15-5-3-14(20)4-6-15/h3-6,13,16H,2,7-12H2,1H3,(H,21,25). The zero-order chi connectivity index (χ0) is 19.4. The van der Waals surface area contributed by atoms with Gasteiger partial charge in [-0.25, -0.2) is 4.79 Å². The zero-order valence-corrected chi connectivity index (χ0v) is 16.1. The summed E-state index contributed by atoms with van der Waals surface area (Å²) in [5.74, 6) is -0.519. The van der Waals surface area contributed by atoms with Crippen LogP contribution in [0.1, 0.15) is 26.2 Å². The second kappa shape index (κ2) is 8.61. The van der Waals surface area contributed by atoms with Crippen molar-refractivity contribution >= 4 is 35.2 Å². The molecular formula is C19H24ClN3O4. The average molecular weight is 394 g/mol. The summed E-state index contributed by atoms with van der Waals surface area (Å²) in [7, 11) is 0. The van der Waals surface area contributed by atoms with E-state index in [9.17, 15) is 14.4 Å². The second-order valence-electron chi connectivity index (χ2n) is 6.86. The Kier molecular flexibility index (Phi) is 6.21. The van der Waals surface area contributed by atoms with Gasteiger partial charge in [0.2, 0.25) is 11.8 Å². The van der Waals surface area contributed by atoms with E-state index in [1.54, 1.807) is 41.0 Å². The lowest BCUT2D eigenvalue weighted by atomic mass is 10.0. The average Bonchev–Trinajstić information content (AvgIpc) is 3.06. The van der Waals surface area contributed by atoms with Crippen LogP contribution in [0.4, 0.5) is 10.5 Å². The molecule has 1 aromatic carbocycles. The summed E-state index contributed by atoms with van der Waals surface area (Å²) in [4.78, 5) is 40.2. The number of hydrogen-bond acceptors (Lipinski definition) is 4. The fourth-order valence-corrected chi connectivity index (χ4v) is 3.74. The van der Waals surface area contributed by atoms with Gasteiger partial charge in [-0.15, -0.1) is 0 Å². The number of anilines is 1. The molecule has 2 saturated heterocycles. The van der Waals surface area contributed by atoms with Crippen molar-refractivity contribution in [2.45, 2.75) is 32.2 Å². The maximum Gasteiger partial charge on any atom is 0.409 e. The van der Waals surface area contributed by atoms with Crippen molar-refractivity contribution in [1.82, 2.24) is 9.80 Å². The highest BCUT2D eigenvalue weighted by atomic mass is 35.5. The van der Waals surface area contributed by atoms with Crippen LogP contribution in [0.2, 0.25) is 5.02 Å². The second-order valence-corrected chi connectivity index (χ2v) is 7.30. The Morgan fingerprint density at radius 1 is 1.22 bits per heavy atom. The van der Waals surface area contributed by atoms with Gasteiger partial charge in [0.05, 0.1) is 12.5 Å². The minimum atomic E-state index is -0.365. The van der Waals surface area contributed by atoms with Crippen LogP contribution in [-0.4, -0.2) is 60.0 Å². The van der Waals surface area contributed by atoms with Gasteiger partial charge in [-0.3, -0.25) is 9.59 Å². The van der Waals surface area contributed by atoms with Crippen molar-refractivity contribution < 1.29 is 19.1 Å². The van der Waals surface area contributed by atoms with Gasteiger partial charge in [-0.2, -0.15) is 0 Å². The van der Waals surface area contributed by atoms with E-state index in [1.165, 1.54) is 0 Å². The molecule has 2 fully saturated rings. The molecule has 0 radical (unpaired) electrons. The third-order valence-corrected chi connectivity index (χ3v) is 5.32. The molecule has 7 nitrogen and oxygen atoms in total. The number of rotatable bonds is 4. The number of hydrogen-bond donors (Lipinski definition) is 1.